The van der Waals surface area contributed by atoms with Gasteiger partial charge in [-0.15, -0.1) is 0 Å². The van der Waals surface area contributed by atoms with Crippen molar-refractivity contribution in [3.63, 3.8) is 0 Å². The number of aryl methyl sites for hydroxylation is 1. The van der Waals surface area contributed by atoms with Crippen LogP contribution in [0.4, 0.5) is 5.69 Å². The Morgan fingerprint density at radius 1 is 1.00 bits per heavy atom. The maximum absolute atomic E-state index is 12.4. The highest BCUT2D eigenvalue weighted by Gasteiger charge is 2.16. The second kappa shape index (κ2) is 6.42. The fraction of sp³-hybridized carbons (Fsp3) is 0.0526. The molecule has 3 aromatic rings. The summed E-state index contributed by atoms with van der Waals surface area (Å²) < 4.78 is 5.67. The number of carbonyl (C=O) groups excluding carboxylic acids is 1. The van der Waals surface area contributed by atoms with Crippen LogP contribution in [-0.2, 0) is 0 Å². The highest BCUT2D eigenvalue weighted by Crippen LogP contribution is 2.25. The first-order valence-electron chi connectivity index (χ1n) is 7.35. The molecule has 2 aromatic carbocycles. The monoisotopic (exact) mass is 321 g/mol. The van der Waals surface area contributed by atoms with Crippen LogP contribution in [0.1, 0.15) is 26.5 Å². The molecule has 5 heteroatoms. The molecule has 0 aliphatic heterocycles. The molecule has 0 fully saturated rings. The first kappa shape index (κ1) is 15.6. The van der Waals surface area contributed by atoms with Crippen LogP contribution in [0, 0.1) is 6.92 Å². The average Bonchev–Trinajstić information content (AvgIpc) is 2.98. The number of carboxylic acid groups (broad SMARTS) is 1. The number of amides is 1. The summed E-state index contributed by atoms with van der Waals surface area (Å²) in [7, 11) is 0. The van der Waals surface area contributed by atoms with Crippen LogP contribution in [0.3, 0.4) is 0 Å². The number of nitrogens with one attached hydrogen (secondary N) is 1. The van der Waals surface area contributed by atoms with Gasteiger partial charge in [0.2, 0.25) is 0 Å². The Bertz CT molecular complexity index is 879. The molecule has 24 heavy (non-hydrogen) atoms. The van der Waals surface area contributed by atoms with Crippen LogP contribution >= 0.6 is 0 Å². The Morgan fingerprint density at radius 3 is 2.29 bits per heavy atom. The van der Waals surface area contributed by atoms with E-state index in [0.29, 0.717) is 22.8 Å². The molecular formula is C19H15NO4. The first-order valence-corrected chi connectivity index (χ1v) is 7.35. The molecule has 1 amide bonds. The van der Waals surface area contributed by atoms with Gasteiger partial charge in [-0.3, -0.25) is 4.79 Å². The Labute approximate surface area is 138 Å². The lowest BCUT2D eigenvalue weighted by molar-refractivity contribution is 0.0696. The summed E-state index contributed by atoms with van der Waals surface area (Å²) in [5.41, 5.74) is 2.02. The smallest absolute Gasteiger partial charge is 0.335 e. The molecule has 3 rings (SSSR count). The lowest BCUT2D eigenvalue weighted by Crippen LogP contribution is -2.12. The van der Waals surface area contributed by atoms with Crippen LogP contribution in [-0.4, -0.2) is 17.0 Å². The molecule has 2 N–H and O–H groups in total. The number of hydrogen-bond donors (Lipinski definition) is 2. The lowest BCUT2D eigenvalue weighted by Gasteiger charge is -2.04. The summed E-state index contributed by atoms with van der Waals surface area (Å²) in [5, 5.41) is 11.6. The van der Waals surface area contributed by atoms with Gasteiger partial charge in [-0.25, -0.2) is 4.79 Å². The van der Waals surface area contributed by atoms with Crippen molar-refractivity contribution in [2.45, 2.75) is 6.92 Å². The molecule has 0 saturated heterocycles. The SMILES string of the molecule is Cc1oc(-c2ccccc2)cc1C(=O)Nc1ccc(C(=O)O)cc1. The van der Waals surface area contributed by atoms with Gasteiger partial charge >= 0.3 is 5.97 Å². The molecule has 0 unspecified atom stereocenters. The van der Waals surface area contributed by atoms with Crippen molar-refractivity contribution in [2.75, 3.05) is 5.32 Å². The topological polar surface area (TPSA) is 79.5 Å². The van der Waals surface area contributed by atoms with Gasteiger partial charge in [-0.2, -0.15) is 0 Å². The minimum atomic E-state index is -1.01. The van der Waals surface area contributed by atoms with Crippen LogP contribution in [0.2, 0.25) is 0 Å². The van der Waals surface area contributed by atoms with Crippen molar-refractivity contribution >= 4 is 17.6 Å². The predicted molar refractivity (Wildman–Crippen MR) is 90.2 cm³/mol. The zero-order valence-electron chi connectivity index (χ0n) is 12.9. The highest BCUT2D eigenvalue weighted by atomic mass is 16.4. The third-order valence-corrected chi connectivity index (χ3v) is 3.61. The lowest BCUT2D eigenvalue weighted by atomic mass is 10.1. The normalized spacial score (nSPS) is 10.4. The van der Waals surface area contributed by atoms with E-state index in [1.807, 2.05) is 30.3 Å². The molecule has 0 atom stereocenters. The second-order valence-electron chi connectivity index (χ2n) is 5.28. The molecule has 1 aromatic heterocycles. The van der Waals surface area contributed by atoms with Gasteiger partial charge in [0.15, 0.2) is 0 Å². The van der Waals surface area contributed by atoms with Crippen molar-refractivity contribution in [1.29, 1.82) is 0 Å². The van der Waals surface area contributed by atoms with Crippen LogP contribution in [0.5, 0.6) is 0 Å². The summed E-state index contributed by atoms with van der Waals surface area (Å²) in [5.74, 6) is -0.166. The summed E-state index contributed by atoms with van der Waals surface area (Å²) in [6.45, 7) is 1.73. The standard InChI is InChI=1S/C19H15NO4/c1-12-16(11-17(24-12)13-5-3-2-4-6-13)18(21)20-15-9-7-14(8-10-15)19(22)23/h2-11H,1H3,(H,20,21)(H,22,23). The zero-order chi connectivity index (χ0) is 17.1. The van der Waals surface area contributed by atoms with E-state index in [-0.39, 0.29) is 11.5 Å². The molecule has 120 valence electrons. The largest absolute Gasteiger partial charge is 0.478 e. The van der Waals surface area contributed by atoms with Gasteiger partial charge in [-0.05, 0) is 37.3 Å². The van der Waals surface area contributed by atoms with E-state index in [4.69, 9.17) is 9.52 Å². The van der Waals surface area contributed by atoms with E-state index < -0.39 is 5.97 Å². The predicted octanol–water partition coefficient (Wildman–Crippen LogP) is 4.21. The van der Waals surface area contributed by atoms with Crippen LogP contribution < -0.4 is 5.32 Å². The third kappa shape index (κ3) is 3.20. The number of aromatic carboxylic acids is 1. The molecule has 0 aliphatic carbocycles. The van der Waals surface area contributed by atoms with Gasteiger partial charge in [0, 0.05) is 11.3 Å². The molecule has 0 bridgehead atoms. The number of hydrogen-bond acceptors (Lipinski definition) is 3. The van der Waals surface area contributed by atoms with E-state index in [1.165, 1.54) is 12.1 Å². The van der Waals surface area contributed by atoms with E-state index in [2.05, 4.69) is 5.32 Å². The van der Waals surface area contributed by atoms with Crippen molar-refractivity contribution in [2.24, 2.45) is 0 Å². The number of benzene rings is 2. The second-order valence-corrected chi connectivity index (χ2v) is 5.28. The molecule has 5 nitrogen and oxygen atoms in total. The maximum Gasteiger partial charge on any atom is 0.335 e. The van der Waals surface area contributed by atoms with Crippen LogP contribution in [0.15, 0.2) is 65.1 Å². The fourth-order valence-electron chi connectivity index (χ4n) is 2.35. The van der Waals surface area contributed by atoms with Gasteiger partial charge in [0.25, 0.3) is 5.91 Å². The molecule has 0 spiro atoms. The van der Waals surface area contributed by atoms with Crippen molar-refractivity contribution in [3.8, 4) is 11.3 Å². The Hall–Kier alpha value is -3.34. The van der Waals surface area contributed by atoms with Crippen LogP contribution in [0.25, 0.3) is 11.3 Å². The Morgan fingerprint density at radius 2 is 1.67 bits per heavy atom. The quantitative estimate of drug-likeness (QED) is 0.754. The molecule has 0 saturated carbocycles. The van der Waals surface area contributed by atoms with Crippen molar-refractivity contribution in [3.05, 3.63) is 77.6 Å². The molecule has 1 heterocycles. The summed E-state index contributed by atoms with van der Waals surface area (Å²) >= 11 is 0. The molecule has 0 radical (unpaired) electrons. The van der Waals surface area contributed by atoms with Gasteiger partial charge in [-0.1, -0.05) is 30.3 Å². The van der Waals surface area contributed by atoms with Gasteiger partial charge in [0.1, 0.15) is 11.5 Å². The van der Waals surface area contributed by atoms with E-state index in [0.717, 1.165) is 5.56 Å². The summed E-state index contributed by atoms with van der Waals surface area (Å²) in [6, 6.07) is 17.2. The number of carboxylic acids is 1. The minimum absolute atomic E-state index is 0.166. The molecular weight excluding hydrogens is 306 g/mol. The number of anilines is 1. The summed E-state index contributed by atoms with van der Waals surface area (Å²) in [6.07, 6.45) is 0. The molecule has 0 aliphatic rings. The Kier molecular flexibility index (Phi) is 4.16. The fourth-order valence-corrected chi connectivity index (χ4v) is 2.35. The number of furan rings is 1. The summed E-state index contributed by atoms with van der Waals surface area (Å²) in [4.78, 5) is 23.2. The number of carbonyl (C=O) groups is 2. The highest BCUT2D eigenvalue weighted by molar-refractivity contribution is 6.05. The average molecular weight is 321 g/mol. The zero-order valence-corrected chi connectivity index (χ0v) is 12.9. The third-order valence-electron chi connectivity index (χ3n) is 3.61. The number of rotatable bonds is 4. The Balaban J connectivity index is 1.80. The van der Waals surface area contributed by atoms with E-state index in [9.17, 15) is 9.59 Å². The van der Waals surface area contributed by atoms with Gasteiger partial charge in [0.05, 0.1) is 11.1 Å². The van der Waals surface area contributed by atoms with Crippen molar-refractivity contribution < 1.29 is 19.1 Å². The van der Waals surface area contributed by atoms with E-state index in [1.54, 1.807) is 25.1 Å². The maximum atomic E-state index is 12.4. The van der Waals surface area contributed by atoms with Crippen molar-refractivity contribution in [1.82, 2.24) is 0 Å². The first-order chi connectivity index (χ1) is 11.5. The minimum Gasteiger partial charge on any atom is -0.478 e. The van der Waals surface area contributed by atoms with E-state index >= 15 is 0 Å². The van der Waals surface area contributed by atoms with Gasteiger partial charge < -0.3 is 14.8 Å².